The van der Waals surface area contributed by atoms with Crippen molar-refractivity contribution in [2.75, 3.05) is 26.5 Å². The van der Waals surface area contributed by atoms with Crippen molar-refractivity contribution in [3.05, 3.63) is 69.9 Å². The molecule has 0 bridgehead atoms. The minimum Gasteiger partial charge on any atom is -0.504 e. The third-order valence-electron chi connectivity index (χ3n) is 7.11. The third-order valence-corrected chi connectivity index (χ3v) is 12.1. The first kappa shape index (κ1) is 28.3. The van der Waals surface area contributed by atoms with Gasteiger partial charge in [0, 0.05) is 38.1 Å². The molecule has 214 valence electrons. The second-order valence-electron chi connectivity index (χ2n) is 9.54. The first-order valence-corrected chi connectivity index (χ1v) is 16.5. The number of carboxylic acid groups (broad SMARTS) is 1. The van der Waals surface area contributed by atoms with E-state index in [0.717, 1.165) is 43.6 Å². The quantitative estimate of drug-likeness (QED) is 0.149. The molecular formula is C29H28N2O6S4. The van der Waals surface area contributed by atoms with E-state index in [-0.39, 0.29) is 16.9 Å². The molecule has 4 atom stereocenters. The van der Waals surface area contributed by atoms with Gasteiger partial charge in [-0.15, -0.1) is 46.2 Å². The van der Waals surface area contributed by atoms with Crippen molar-refractivity contribution < 1.29 is 29.6 Å². The minimum absolute atomic E-state index is 0.00317. The van der Waals surface area contributed by atoms with E-state index >= 15 is 0 Å². The van der Waals surface area contributed by atoms with Gasteiger partial charge in [0.05, 0.1) is 30.2 Å². The highest BCUT2D eigenvalue weighted by molar-refractivity contribution is 8.00. The molecule has 8 nitrogen and oxygen atoms in total. The molecule has 5 N–H and O–H groups in total. The molecule has 0 radical (unpaired) electrons. The van der Waals surface area contributed by atoms with Gasteiger partial charge in [0.2, 0.25) is 0 Å². The maximum atomic E-state index is 12.4. The normalized spacial score (nSPS) is 22.2. The number of nitrogens with one attached hydrogen (secondary N) is 2. The number of hydrogen-bond donors (Lipinski definition) is 5. The van der Waals surface area contributed by atoms with Crippen LogP contribution in [0.25, 0.3) is 20.9 Å². The number of aliphatic carboxylic acids is 1. The lowest BCUT2D eigenvalue weighted by molar-refractivity contribution is -0.139. The van der Waals surface area contributed by atoms with Crippen LogP contribution in [0.1, 0.15) is 32.0 Å². The SMILES string of the molecule is COc1cc(-c2ccc(C3SC(c4cc(-c5cccs5)cc(OC)c4O)NC3C(=O)O)s2)cc(C2NCCS2)c1O. The fraction of sp³-hybridized carbons (Fsp3) is 0.276. The smallest absolute Gasteiger partial charge is 0.322 e. The number of thioether (sulfide) groups is 2. The standard InChI is InChI=1S/C29H28N2O6S4/c1-36-18-12-14(20-4-3-8-38-20)10-17(25(18)33)28-31-23(29(34)35)26(41-28)22-6-5-21(40-22)15-11-16(27-30-7-9-39-27)24(32)19(13-15)37-2/h3-6,8,10-13,23,26-28,30-33H,7,9H2,1-2H3,(H,34,35). The molecule has 4 heterocycles. The zero-order chi connectivity index (χ0) is 28.7. The summed E-state index contributed by atoms with van der Waals surface area (Å²) >= 11 is 6.30. The van der Waals surface area contributed by atoms with Crippen LogP contribution in [0.3, 0.4) is 0 Å². The lowest BCUT2D eigenvalue weighted by atomic mass is 10.1. The van der Waals surface area contributed by atoms with Crippen molar-refractivity contribution >= 4 is 52.2 Å². The summed E-state index contributed by atoms with van der Waals surface area (Å²) in [5.41, 5.74) is 3.14. The van der Waals surface area contributed by atoms with Crippen LogP contribution in [0, 0.1) is 0 Å². The van der Waals surface area contributed by atoms with Crippen LogP contribution in [0.5, 0.6) is 23.0 Å². The number of methoxy groups -OCH3 is 2. The van der Waals surface area contributed by atoms with Crippen molar-refractivity contribution in [1.82, 2.24) is 10.6 Å². The van der Waals surface area contributed by atoms with Crippen molar-refractivity contribution in [2.24, 2.45) is 0 Å². The largest absolute Gasteiger partial charge is 0.504 e. The molecule has 0 amide bonds. The number of thiophene rings is 2. The van der Waals surface area contributed by atoms with Gasteiger partial charge in [-0.25, -0.2) is 0 Å². The van der Waals surface area contributed by atoms with Gasteiger partial charge in [-0.3, -0.25) is 10.1 Å². The van der Waals surface area contributed by atoms with Gasteiger partial charge in [0.25, 0.3) is 0 Å². The summed E-state index contributed by atoms with van der Waals surface area (Å²) in [5.74, 6) is 0.868. The number of benzene rings is 2. The highest BCUT2D eigenvalue weighted by atomic mass is 32.2. The topological polar surface area (TPSA) is 120 Å². The van der Waals surface area contributed by atoms with Crippen LogP contribution in [-0.2, 0) is 4.79 Å². The Morgan fingerprint density at radius 2 is 1.61 bits per heavy atom. The molecule has 4 unspecified atom stereocenters. The van der Waals surface area contributed by atoms with E-state index in [9.17, 15) is 20.1 Å². The summed E-state index contributed by atoms with van der Waals surface area (Å²) in [6.45, 7) is 0.867. The molecule has 2 fully saturated rings. The van der Waals surface area contributed by atoms with E-state index in [0.29, 0.717) is 17.1 Å². The number of carbonyl (C=O) groups is 1. The molecule has 4 aromatic rings. The first-order chi connectivity index (χ1) is 19.9. The lowest BCUT2D eigenvalue weighted by Crippen LogP contribution is -2.35. The molecule has 6 rings (SSSR count). The zero-order valence-electron chi connectivity index (χ0n) is 22.1. The molecule has 12 heteroatoms. The molecule has 0 spiro atoms. The van der Waals surface area contributed by atoms with Crippen LogP contribution < -0.4 is 20.1 Å². The monoisotopic (exact) mass is 628 g/mol. The number of rotatable bonds is 8. The second-order valence-corrected chi connectivity index (χ2v) is 14.1. The van der Waals surface area contributed by atoms with Gasteiger partial charge >= 0.3 is 5.97 Å². The summed E-state index contributed by atoms with van der Waals surface area (Å²) in [5, 5.41) is 39.7. The second kappa shape index (κ2) is 11.8. The van der Waals surface area contributed by atoms with Crippen molar-refractivity contribution in [2.45, 2.75) is 22.0 Å². The average Bonchev–Trinajstić information content (AvgIpc) is 3.80. The average molecular weight is 629 g/mol. The molecule has 0 saturated carbocycles. The molecule has 2 aliphatic heterocycles. The van der Waals surface area contributed by atoms with Crippen LogP contribution in [0.15, 0.2) is 53.9 Å². The first-order valence-electron chi connectivity index (χ1n) is 12.8. The number of ether oxygens (including phenoxy) is 2. The summed E-state index contributed by atoms with van der Waals surface area (Å²) < 4.78 is 10.9. The summed E-state index contributed by atoms with van der Waals surface area (Å²) in [6, 6.07) is 14.5. The third kappa shape index (κ3) is 5.40. The van der Waals surface area contributed by atoms with E-state index < -0.39 is 22.6 Å². The van der Waals surface area contributed by atoms with Gasteiger partial charge in [0.15, 0.2) is 23.0 Å². The Labute approximate surface area is 253 Å². The number of hydrogen-bond acceptors (Lipinski definition) is 11. The molecule has 0 aliphatic carbocycles. The molecule has 2 aromatic carbocycles. The number of aromatic hydroxyl groups is 2. The minimum atomic E-state index is -0.960. The van der Waals surface area contributed by atoms with Gasteiger partial charge in [-0.05, 0) is 59.0 Å². The van der Waals surface area contributed by atoms with Crippen LogP contribution >= 0.6 is 46.2 Å². The zero-order valence-corrected chi connectivity index (χ0v) is 25.4. The Balaban J connectivity index is 1.33. The van der Waals surface area contributed by atoms with Gasteiger partial charge in [0.1, 0.15) is 6.04 Å². The van der Waals surface area contributed by atoms with E-state index in [1.54, 1.807) is 29.2 Å². The fourth-order valence-corrected chi connectivity index (χ4v) is 9.61. The predicted octanol–water partition coefficient (Wildman–Crippen LogP) is 6.44. The molecule has 2 aromatic heterocycles. The Hall–Kier alpha value is -2.87. The molecule has 2 aliphatic rings. The van der Waals surface area contributed by atoms with Crippen LogP contribution in [0.4, 0.5) is 0 Å². The van der Waals surface area contributed by atoms with E-state index in [1.165, 1.54) is 37.3 Å². The Morgan fingerprint density at radius 3 is 2.20 bits per heavy atom. The molecule has 41 heavy (non-hydrogen) atoms. The lowest BCUT2D eigenvalue weighted by Gasteiger charge is -2.16. The number of carboxylic acids is 1. The maximum Gasteiger partial charge on any atom is 0.322 e. The summed E-state index contributed by atoms with van der Waals surface area (Å²) in [4.78, 5) is 15.3. The fourth-order valence-electron chi connectivity index (χ4n) is 5.09. The van der Waals surface area contributed by atoms with Gasteiger partial charge < -0.3 is 30.1 Å². The van der Waals surface area contributed by atoms with E-state index in [1.807, 2.05) is 47.8 Å². The van der Waals surface area contributed by atoms with Crippen molar-refractivity contribution in [1.29, 1.82) is 0 Å². The number of phenolic OH excluding ortho intramolecular Hbond substituents is 2. The van der Waals surface area contributed by atoms with Crippen LogP contribution in [0.2, 0.25) is 0 Å². The van der Waals surface area contributed by atoms with E-state index in [2.05, 4.69) is 10.6 Å². The van der Waals surface area contributed by atoms with Crippen molar-refractivity contribution in [3.8, 4) is 43.9 Å². The highest BCUT2D eigenvalue weighted by Gasteiger charge is 2.42. The molecule has 2 saturated heterocycles. The van der Waals surface area contributed by atoms with E-state index in [4.69, 9.17) is 9.47 Å². The number of phenols is 2. The van der Waals surface area contributed by atoms with Gasteiger partial charge in [-0.1, -0.05) is 6.07 Å². The Bertz CT molecular complexity index is 1570. The summed E-state index contributed by atoms with van der Waals surface area (Å²) in [6.07, 6.45) is 0. The Morgan fingerprint density at radius 1 is 0.927 bits per heavy atom. The highest BCUT2D eigenvalue weighted by Crippen LogP contribution is 2.54. The van der Waals surface area contributed by atoms with Crippen molar-refractivity contribution in [3.63, 3.8) is 0 Å². The Kier molecular flexibility index (Phi) is 8.12. The summed E-state index contributed by atoms with van der Waals surface area (Å²) in [7, 11) is 3.04. The predicted molar refractivity (Wildman–Crippen MR) is 167 cm³/mol. The maximum absolute atomic E-state index is 12.4. The molecular weight excluding hydrogens is 601 g/mol. The van der Waals surface area contributed by atoms with Crippen LogP contribution in [-0.4, -0.2) is 53.8 Å². The van der Waals surface area contributed by atoms with Gasteiger partial charge in [-0.2, -0.15) is 0 Å².